The minimum Gasteiger partial charge on any atom is -0.480 e. The zero-order chi connectivity index (χ0) is 16.7. The number of nitrogens with one attached hydrogen (secondary N) is 1. The number of carbonyl (C=O) groups excluding carboxylic acids is 1. The van der Waals surface area contributed by atoms with E-state index in [0.717, 1.165) is 0 Å². The van der Waals surface area contributed by atoms with E-state index in [9.17, 15) is 19.5 Å². The van der Waals surface area contributed by atoms with Crippen LogP contribution in [0.2, 0.25) is 0 Å². The number of amides is 1. The fraction of sp³-hybridized carbons (Fsp3) is 0.357. The summed E-state index contributed by atoms with van der Waals surface area (Å²) in [6.07, 6.45) is -1.71. The normalized spacial score (nSPS) is 14.6. The zero-order valence-corrected chi connectivity index (χ0v) is 11.7. The molecule has 0 aliphatic carbocycles. The first-order chi connectivity index (χ1) is 10.3. The number of benzene rings is 1. The highest BCUT2D eigenvalue weighted by Gasteiger charge is 2.26. The Bertz CT molecular complexity index is 533. The highest BCUT2D eigenvalue weighted by molar-refractivity contribution is 5.96. The van der Waals surface area contributed by atoms with Crippen molar-refractivity contribution in [2.75, 3.05) is 0 Å². The second-order valence-corrected chi connectivity index (χ2v) is 4.74. The van der Waals surface area contributed by atoms with Crippen molar-refractivity contribution in [2.45, 2.75) is 31.0 Å². The maximum atomic E-state index is 11.9. The molecule has 0 saturated carbocycles. The molecule has 22 heavy (non-hydrogen) atoms. The third kappa shape index (κ3) is 5.15. The van der Waals surface area contributed by atoms with Gasteiger partial charge in [0.2, 0.25) is 0 Å². The number of hydrogen-bond acceptors (Lipinski definition) is 5. The third-order valence-electron chi connectivity index (χ3n) is 3.09. The van der Waals surface area contributed by atoms with E-state index >= 15 is 0 Å². The molecule has 0 aromatic heterocycles. The fourth-order valence-corrected chi connectivity index (χ4v) is 1.77. The Hall–Kier alpha value is -2.45. The molecule has 6 N–H and O–H groups in total. The molecule has 3 unspecified atom stereocenters. The number of aliphatic carboxylic acids is 2. The number of carboxylic acid groups (broad SMARTS) is 2. The molecule has 0 fully saturated rings. The van der Waals surface area contributed by atoms with E-state index in [2.05, 4.69) is 5.32 Å². The molecule has 0 saturated heterocycles. The molecule has 1 amide bonds. The van der Waals surface area contributed by atoms with Crippen molar-refractivity contribution in [1.29, 1.82) is 0 Å². The van der Waals surface area contributed by atoms with Gasteiger partial charge in [0.05, 0.1) is 6.10 Å². The third-order valence-corrected chi connectivity index (χ3v) is 3.09. The molecule has 8 heteroatoms. The first-order valence-electron chi connectivity index (χ1n) is 6.58. The Morgan fingerprint density at radius 2 is 1.64 bits per heavy atom. The molecule has 0 bridgehead atoms. The molecule has 0 radical (unpaired) electrons. The topological polar surface area (TPSA) is 150 Å². The number of aliphatic hydroxyl groups is 1. The van der Waals surface area contributed by atoms with Crippen LogP contribution in [0.5, 0.6) is 0 Å². The van der Waals surface area contributed by atoms with Crippen LogP contribution in [0, 0.1) is 0 Å². The second-order valence-electron chi connectivity index (χ2n) is 4.74. The Morgan fingerprint density at radius 3 is 2.14 bits per heavy atom. The first-order valence-corrected chi connectivity index (χ1v) is 6.58. The van der Waals surface area contributed by atoms with Crippen molar-refractivity contribution in [3.8, 4) is 0 Å². The van der Waals surface area contributed by atoms with E-state index in [-0.39, 0.29) is 12.8 Å². The Morgan fingerprint density at radius 1 is 1.05 bits per heavy atom. The van der Waals surface area contributed by atoms with Gasteiger partial charge in [0.1, 0.15) is 12.1 Å². The van der Waals surface area contributed by atoms with Gasteiger partial charge < -0.3 is 26.4 Å². The van der Waals surface area contributed by atoms with Gasteiger partial charge in [0.25, 0.3) is 5.91 Å². The lowest BCUT2D eigenvalue weighted by molar-refractivity contribution is -0.141. The summed E-state index contributed by atoms with van der Waals surface area (Å²) in [6, 6.07) is 5.31. The van der Waals surface area contributed by atoms with Crippen LogP contribution in [-0.4, -0.2) is 51.4 Å². The van der Waals surface area contributed by atoms with Crippen LogP contribution in [0.1, 0.15) is 23.2 Å². The van der Waals surface area contributed by atoms with Crippen molar-refractivity contribution < 1.29 is 29.7 Å². The van der Waals surface area contributed by atoms with E-state index in [0.29, 0.717) is 5.56 Å². The van der Waals surface area contributed by atoms with E-state index in [1.807, 2.05) is 0 Å². The fourth-order valence-electron chi connectivity index (χ4n) is 1.77. The number of carboxylic acids is 2. The van der Waals surface area contributed by atoms with Crippen LogP contribution >= 0.6 is 0 Å². The second kappa shape index (κ2) is 8.11. The number of rotatable bonds is 8. The van der Waals surface area contributed by atoms with Gasteiger partial charge in [-0.25, -0.2) is 4.79 Å². The SMILES string of the molecule is NC(C(=O)O)C(O)CCC(NC(=O)c1ccccc1)C(=O)O. The Balaban J connectivity index is 2.61. The number of aliphatic hydroxyl groups excluding tert-OH is 1. The molecule has 0 aliphatic rings. The van der Waals surface area contributed by atoms with Gasteiger partial charge in [0, 0.05) is 5.56 Å². The lowest BCUT2D eigenvalue weighted by Crippen LogP contribution is -2.45. The van der Waals surface area contributed by atoms with Gasteiger partial charge in [-0.2, -0.15) is 0 Å². The number of carbonyl (C=O) groups is 3. The molecular weight excluding hydrogens is 292 g/mol. The molecule has 0 heterocycles. The molecule has 0 aliphatic heterocycles. The minimum atomic E-state index is -1.50. The van der Waals surface area contributed by atoms with E-state index in [1.165, 1.54) is 12.1 Å². The molecule has 1 aromatic rings. The summed E-state index contributed by atoms with van der Waals surface area (Å²) in [4.78, 5) is 33.6. The van der Waals surface area contributed by atoms with Crippen molar-refractivity contribution in [3.63, 3.8) is 0 Å². The summed E-state index contributed by atoms with van der Waals surface area (Å²) in [5.74, 6) is -3.22. The van der Waals surface area contributed by atoms with Crippen molar-refractivity contribution in [2.24, 2.45) is 5.73 Å². The standard InChI is InChI=1S/C14H18N2O6/c15-11(14(21)22)10(17)7-6-9(13(19)20)16-12(18)8-4-2-1-3-5-8/h1-5,9-11,17H,6-7,15H2,(H,16,18)(H,19,20)(H,21,22). The van der Waals surface area contributed by atoms with Gasteiger partial charge in [-0.05, 0) is 25.0 Å². The largest absolute Gasteiger partial charge is 0.480 e. The van der Waals surface area contributed by atoms with Gasteiger partial charge in [-0.3, -0.25) is 9.59 Å². The Labute approximate surface area is 126 Å². The molecular formula is C14H18N2O6. The van der Waals surface area contributed by atoms with Crippen LogP contribution in [0.3, 0.4) is 0 Å². The monoisotopic (exact) mass is 310 g/mol. The van der Waals surface area contributed by atoms with Gasteiger partial charge in [0.15, 0.2) is 0 Å². The summed E-state index contributed by atoms with van der Waals surface area (Å²) >= 11 is 0. The van der Waals surface area contributed by atoms with E-state index < -0.39 is 36.0 Å². The highest BCUT2D eigenvalue weighted by Crippen LogP contribution is 2.07. The smallest absolute Gasteiger partial charge is 0.326 e. The summed E-state index contributed by atoms with van der Waals surface area (Å²) in [5.41, 5.74) is 5.53. The van der Waals surface area contributed by atoms with Crippen LogP contribution < -0.4 is 11.1 Å². The van der Waals surface area contributed by atoms with Crippen molar-refractivity contribution in [3.05, 3.63) is 35.9 Å². The summed E-state index contributed by atoms with van der Waals surface area (Å²) in [5, 5.41) is 29.6. The molecule has 1 aromatic carbocycles. The van der Waals surface area contributed by atoms with Crippen LogP contribution in [0.15, 0.2) is 30.3 Å². The summed E-state index contributed by atoms with van der Waals surface area (Å²) < 4.78 is 0. The number of nitrogens with two attached hydrogens (primary N) is 1. The van der Waals surface area contributed by atoms with E-state index in [4.69, 9.17) is 15.9 Å². The summed E-state index contributed by atoms with van der Waals surface area (Å²) in [6.45, 7) is 0. The number of hydrogen-bond donors (Lipinski definition) is 5. The molecule has 8 nitrogen and oxygen atoms in total. The van der Waals surface area contributed by atoms with Crippen molar-refractivity contribution in [1.82, 2.24) is 5.32 Å². The lowest BCUT2D eigenvalue weighted by Gasteiger charge is -2.18. The molecule has 1 rings (SSSR count). The predicted octanol–water partition coefficient (Wildman–Crippen LogP) is -0.577. The van der Waals surface area contributed by atoms with Gasteiger partial charge in [-0.15, -0.1) is 0 Å². The van der Waals surface area contributed by atoms with Crippen molar-refractivity contribution >= 4 is 17.8 Å². The maximum absolute atomic E-state index is 11.9. The average molecular weight is 310 g/mol. The van der Waals surface area contributed by atoms with Crippen LogP contribution in [0.4, 0.5) is 0 Å². The molecule has 120 valence electrons. The van der Waals surface area contributed by atoms with Gasteiger partial charge >= 0.3 is 11.9 Å². The quantitative estimate of drug-likeness (QED) is 0.431. The predicted molar refractivity (Wildman–Crippen MR) is 76.2 cm³/mol. The zero-order valence-electron chi connectivity index (χ0n) is 11.7. The summed E-state index contributed by atoms with van der Waals surface area (Å²) in [7, 11) is 0. The Kier molecular flexibility index (Phi) is 6.48. The average Bonchev–Trinajstić information content (AvgIpc) is 2.50. The van der Waals surface area contributed by atoms with Crippen LogP contribution in [-0.2, 0) is 9.59 Å². The van der Waals surface area contributed by atoms with Crippen LogP contribution in [0.25, 0.3) is 0 Å². The maximum Gasteiger partial charge on any atom is 0.326 e. The minimum absolute atomic E-state index is 0.143. The first kappa shape index (κ1) is 17.6. The lowest BCUT2D eigenvalue weighted by atomic mass is 10.0. The van der Waals surface area contributed by atoms with E-state index in [1.54, 1.807) is 18.2 Å². The van der Waals surface area contributed by atoms with Gasteiger partial charge in [-0.1, -0.05) is 18.2 Å². The molecule has 3 atom stereocenters. The highest BCUT2D eigenvalue weighted by atomic mass is 16.4. The molecule has 0 spiro atoms.